The van der Waals surface area contributed by atoms with Gasteiger partial charge in [-0.1, -0.05) is 13.8 Å². The summed E-state index contributed by atoms with van der Waals surface area (Å²) in [6.07, 6.45) is 2.12. The zero-order valence-corrected chi connectivity index (χ0v) is 6.80. The van der Waals surface area contributed by atoms with Crippen molar-refractivity contribution in [3.05, 3.63) is 6.54 Å². The third-order valence-corrected chi connectivity index (χ3v) is 1.23. The van der Waals surface area contributed by atoms with E-state index in [-0.39, 0.29) is 0 Å². The third kappa shape index (κ3) is 4.34. The van der Waals surface area contributed by atoms with Crippen molar-refractivity contribution < 1.29 is 0 Å². The first kappa shape index (κ1) is 9.45. The molecule has 0 fully saturated rings. The van der Waals surface area contributed by atoms with E-state index in [1.54, 1.807) is 0 Å². The zero-order chi connectivity index (χ0) is 7.82. The standard InChI is InChI=1S/C8H15N2/c1-3-6-10(7-4-2)8-5-9/h6H,3-4,7-8H2,1-2H3. The van der Waals surface area contributed by atoms with Crippen LogP contribution in [-0.4, -0.2) is 18.0 Å². The molecule has 10 heavy (non-hydrogen) atoms. The second-order valence-electron chi connectivity index (χ2n) is 2.22. The third-order valence-electron chi connectivity index (χ3n) is 1.23. The highest BCUT2D eigenvalue weighted by Crippen LogP contribution is 1.96. The molecule has 2 nitrogen and oxygen atoms in total. The molecule has 0 aromatic carbocycles. The van der Waals surface area contributed by atoms with Gasteiger partial charge in [-0.05, 0) is 19.4 Å². The van der Waals surface area contributed by atoms with Crippen molar-refractivity contribution in [2.24, 2.45) is 0 Å². The van der Waals surface area contributed by atoms with Crippen LogP contribution in [0.5, 0.6) is 0 Å². The molecule has 0 rings (SSSR count). The fourth-order valence-electron chi connectivity index (χ4n) is 0.871. The zero-order valence-electron chi connectivity index (χ0n) is 6.80. The molecule has 1 radical (unpaired) electrons. The topological polar surface area (TPSA) is 27.0 Å². The van der Waals surface area contributed by atoms with E-state index in [4.69, 9.17) is 5.26 Å². The Hall–Kier alpha value is -0.550. The Morgan fingerprint density at radius 2 is 2.20 bits per heavy atom. The normalized spacial score (nSPS) is 9.80. The number of hydrogen-bond donors (Lipinski definition) is 0. The SMILES string of the molecule is CC[CH]N(CC#N)CCC. The van der Waals surface area contributed by atoms with Crippen LogP contribution in [0.4, 0.5) is 0 Å². The first-order chi connectivity index (χ1) is 4.85. The molecule has 0 aliphatic heterocycles. The van der Waals surface area contributed by atoms with E-state index in [0.717, 1.165) is 19.4 Å². The molecule has 2 heteroatoms. The van der Waals surface area contributed by atoms with Crippen LogP contribution in [0.15, 0.2) is 0 Å². The minimum Gasteiger partial charge on any atom is -0.286 e. The maximum Gasteiger partial charge on any atom is 0.0868 e. The maximum atomic E-state index is 8.38. The van der Waals surface area contributed by atoms with E-state index in [9.17, 15) is 0 Å². The van der Waals surface area contributed by atoms with Gasteiger partial charge in [0.05, 0.1) is 12.6 Å². The minimum absolute atomic E-state index is 0.529. The van der Waals surface area contributed by atoms with Crippen LogP contribution in [0.2, 0.25) is 0 Å². The van der Waals surface area contributed by atoms with Gasteiger partial charge in [-0.2, -0.15) is 5.26 Å². The van der Waals surface area contributed by atoms with E-state index in [1.807, 2.05) is 0 Å². The summed E-state index contributed by atoms with van der Waals surface area (Å²) >= 11 is 0. The Balaban J connectivity index is 3.42. The lowest BCUT2D eigenvalue weighted by atomic mass is 10.3. The molecule has 57 valence electrons. The maximum absolute atomic E-state index is 8.38. The van der Waals surface area contributed by atoms with Gasteiger partial charge in [-0.25, -0.2) is 0 Å². The summed E-state index contributed by atoms with van der Waals surface area (Å²) in [5, 5.41) is 8.38. The molecule has 0 aliphatic rings. The minimum atomic E-state index is 0.529. The first-order valence-corrected chi connectivity index (χ1v) is 3.79. The van der Waals surface area contributed by atoms with Crippen LogP contribution in [0.3, 0.4) is 0 Å². The fraction of sp³-hybridized carbons (Fsp3) is 0.750. The average Bonchev–Trinajstić information content (AvgIpc) is 1.90. The average molecular weight is 139 g/mol. The lowest BCUT2D eigenvalue weighted by Crippen LogP contribution is -2.21. The molecule has 0 aromatic rings. The Kier molecular flexibility index (Phi) is 6.21. The van der Waals surface area contributed by atoms with Crippen LogP contribution in [0, 0.1) is 17.9 Å². The largest absolute Gasteiger partial charge is 0.286 e. The van der Waals surface area contributed by atoms with Gasteiger partial charge in [-0.15, -0.1) is 0 Å². The van der Waals surface area contributed by atoms with Crippen LogP contribution in [-0.2, 0) is 0 Å². The second kappa shape index (κ2) is 6.57. The van der Waals surface area contributed by atoms with Gasteiger partial charge < -0.3 is 0 Å². The van der Waals surface area contributed by atoms with Crippen LogP contribution < -0.4 is 0 Å². The molecular formula is C8H15N2. The van der Waals surface area contributed by atoms with Gasteiger partial charge in [0.15, 0.2) is 0 Å². The second-order valence-corrected chi connectivity index (χ2v) is 2.22. The highest BCUT2D eigenvalue weighted by molar-refractivity contribution is 4.79. The highest BCUT2D eigenvalue weighted by atomic mass is 15.1. The Labute approximate surface area is 63.4 Å². The molecule has 0 aliphatic carbocycles. The Bertz CT molecular complexity index is 98.3. The Morgan fingerprint density at radius 3 is 2.60 bits per heavy atom. The molecule has 0 heterocycles. The van der Waals surface area contributed by atoms with Gasteiger partial charge in [0.25, 0.3) is 0 Å². The highest BCUT2D eigenvalue weighted by Gasteiger charge is 1.99. The summed E-state index contributed by atoms with van der Waals surface area (Å²) in [5.74, 6) is 0. The van der Waals surface area contributed by atoms with Crippen LogP contribution in [0.25, 0.3) is 0 Å². The van der Waals surface area contributed by atoms with Gasteiger partial charge in [0.1, 0.15) is 0 Å². The van der Waals surface area contributed by atoms with Crippen molar-refractivity contribution in [3.8, 4) is 6.07 Å². The smallest absolute Gasteiger partial charge is 0.0868 e. The number of nitriles is 1. The molecule has 0 saturated heterocycles. The van der Waals surface area contributed by atoms with Gasteiger partial charge in [-0.3, -0.25) is 4.90 Å². The summed E-state index contributed by atoms with van der Waals surface area (Å²) < 4.78 is 0. The van der Waals surface area contributed by atoms with E-state index >= 15 is 0 Å². The van der Waals surface area contributed by atoms with Crippen molar-refractivity contribution in [1.29, 1.82) is 5.26 Å². The van der Waals surface area contributed by atoms with Gasteiger partial charge >= 0.3 is 0 Å². The van der Waals surface area contributed by atoms with E-state index < -0.39 is 0 Å². The van der Waals surface area contributed by atoms with Crippen LogP contribution in [0.1, 0.15) is 26.7 Å². The summed E-state index contributed by atoms with van der Waals surface area (Å²) in [6.45, 7) is 7.81. The van der Waals surface area contributed by atoms with Crippen molar-refractivity contribution in [3.63, 3.8) is 0 Å². The van der Waals surface area contributed by atoms with Gasteiger partial charge in [0, 0.05) is 6.54 Å². The number of hydrogen-bond acceptors (Lipinski definition) is 2. The van der Waals surface area contributed by atoms with Crippen molar-refractivity contribution in [1.82, 2.24) is 4.90 Å². The quantitative estimate of drug-likeness (QED) is 0.543. The number of nitrogens with zero attached hydrogens (tertiary/aromatic N) is 2. The summed E-state index contributed by atoms with van der Waals surface area (Å²) in [7, 11) is 0. The lowest BCUT2D eigenvalue weighted by Gasteiger charge is -2.15. The summed E-state index contributed by atoms with van der Waals surface area (Å²) in [6, 6.07) is 2.13. The van der Waals surface area contributed by atoms with Crippen LogP contribution >= 0.6 is 0 Å². The fourth-order valence-corrected chi connectivity index (χ4v) is 0.871. The molecule has 0 spiro atoms. The molecule has 0 saturated carbocycles. The lowest BCUT2D eigenvalue weighted by molar-refractivity contribution is 0.364. The predicted molar refractivity (Wildman–Crippen MR) is 42.1 cm³/mol. The van der Waals surface area contributed by atoms with Gasteiger partial charge in [0.2, 0.25) is 0 Å². The molecular weight excluding hydrogens is 124 g/mol. The van der Waals surface area contributed by atoms with E-state index in [0.29, 0.717) is 6.54 Å². The summed E-state index contributed by atoms with van der Waals surface area (Å²) in [4.78, 5) is 2.06. The molecule has 0 unspecified atom stereocenters. The first-order valence-electron chi connectivity index (χ1n) is 3.79. The van der Waals surface area contributed by atoms with Crippen molar-refractivity contribution >= 4 is 0 Å². The molecule has 0 bridgehead atoms. The van der Waals surface area contributed by atoms with Crippen molar-refractivity contribution in [2.75, 3.05) is 13.1 Å². The van der Waals surface area contributed by atoms with Crippen molar-refractivity contribution in [2.45, 2.75) is 26.7 Å². The molecule has 0 aromatic heterocycles. The molecule has 0 atom stereocenters. The molecule has 0 N–H and O–H groups in total. The molecule has 0 amide bonds. The summed E-state index contributed by atoms with van der Waals surface area (Å²) in [5.41, 5.74) is 0. The number of rotatable bonds is 5. The van der Waals surface area contributed by atoms with E-state index in [2.05, 4.69) is 31.4 Å². The monoisotopic (exact) mass is 139 g/mol. The Morgan fingerprint density at radius 1 is 1.50 bits per heavy atom. The predicted octanol–water partition coefficient (Wildman–Crippen LogP) is 1.79. The van der Waals surface area contributed by atoms with E-state index in [1.165, 1.54) is 0 Å².